The maximum atomic E-state index is 14.7. The third kappa shape index (κ3) is 3.95. The maximum Gasteiger partial charge on any atom is 0.295 e. The molecule has 4 heterocycles. The Kier molecular flexibility index (Phi) is 5.07. The van der Waals surface area contributed by atoms with Crippen molar-refractivity contribution in [3.05, 3.63) is 77.6 Å². The molecule has 9 nitrogen and oxygen atoms in total. The molecule has 2 aromatic carbocycles. The first-order chi connectivity index (χ1) is 18.0. The normalized spacial score (nSPS) is 22.5. The van der Waals surface area contributed by atoms with Crippen LogP contribution in [0.25, 0.3) is 5.65 Å². The van der Waals surface area contributed by atoms with Crippen molar-refractivity contribution in [2.45, 2.75) is 18.5 Å². The van der Waals surface area contributed by atoms with Crippen molar-refractivity contribution in [3.8, 4) is 0 Å². The Bertz CT molecular complexity index is 1500. The van der Waals surface area contributed by atoms with E-state index < -0.39 is 17.5 Å². The van der Waals surface area contributed by atoms with Crippen LogP contribution in [0.15, 0.2) is 54.6 Å². The number of benzene rings is 2. The van der Waals surface area contributed by atoms with E-state index >= 15 is 0 Å². The number of anilines is 3. The first-order valence-electron chi connectivity index (χ1n) is 12.2. The highest BCUT2D eigenvalue weighted by Gasteiger charge is 2.54. The van der Waals surface area contributed by atoms with E-state index in [0.717, 1.165) is 18.2 Å². The Morgan fingerprint density at radius 2 is 1.81 bits per heavy atom. The molecular weight excluding hydrogens is 480 g/mol. The lowest BCUT2D eigenvalue weighted by molar-refractivity contribution is 0.0211. The Labute approximate surface area is 210 Å². The quantitative estimate of drug-likeness (QED) is 0.415. The fourth-order valence-electron chi connectivity index (χ4n) is 5.31. The molecule has 0 bridgehead atoms. The zero-order chi connectivity index (χ0) is 25.1. The second-order valence-corrected chi connectivity index (χ2v) is 9.82. The molecule has 3 fully saturated rings. The number of carbonyl (C=O) groups excluding carboxylic acids is 1. The van der Waals surface area contributed by atoms with E-state index in [1.807, 2.05) is 17.0 Å². The minimum Gasteiger partial charge on any atom is -0.378 e. The number of nitrogens with one attached hydrogen (secondary N) is 2. The minimum atomic E-state index is -0.470. The lowest BCUT2D eigenvalue weighted by Gasteiger charge is -2.29. The van der Waals surface area contributed by atoms with Gasteiger partial charge in [-0.3, -0.25) is 4.79 Å². The number of halogens is 2. The van der Waals surface area contributed by atoms with Gasteiger partial charge in [-0.2, -0.15) is 4.52 Å². The van der Waals surface area contributed by atoms with Crippen molar-refractivity contribution in [1.29, 1.82) is 0 Å². The van der Waals surface area contributed by atoms with Crippen LogP contribution in [0, 0.1) is 23.5 Å². The Morgan fingerprint density at radius 1 is 1.00 bits per heavy atom. The summed E-state index contributed by atoms with van der Waals surface area (Å²) in [6, 6.07) is 14.4. The molecule has 2 unspecified atom stereocenters. The monoisotopic (exact) mass is 503 g/mol. The Hall–Kier alpha value is -4.12. The van der Waals surface area contributed by atoms with E-state index in [1.54, 1.807) is 24.3 Å². The number of amides is 1. The van der Waals surface area contributed by atoms with E-state index in [2.05, 4.69) is 25.9 Å². The number of aromatic nitrogens is 4. The van der Waals surface area contributed by atoms with Gasteiger partial charge in [0, 0.05) is 23.5 Å². The molecule has 3 atom stereocenters. The molecule has 4 aromatic rings. The molecule has 188 valence electrons. The third-order valence-corrected chi connectivity index (χ3v) is 7.32. The van der Waals surface area contributed by atoms with Crippen LogP contribution in [0.2, 0.25) is 0 Å². The van der Waals surface area contributed by atoms with Crippen molar-refractivity contribution in [1.82, 2.24) is 19.8 Å². The molecule has 2 saturated heterocycles. The molecule has 1 aliphatic carbocycles. The molecule has 0 spiro atoms. The van der Waals surface area contributed by atoms with Crippen LogP contribution in [0.3, 0.4) is 0 Å². The third-order valence-electron chi connectivity index (χ3n) is 7.32. The molecule has 37 heavy (non-hydrogen) atoms. The molecular formula is C26H23F2N7O2. The lowest BCUT2D eigenvalue weighted by atomic mass is 10.0. The predicted octanol–water partition coefficient (Wildman–Crippen LogP) is 3.66. The average molecular weight is 504 g/mol. The van der Waals surface area contributed by atoms with Gasteiger partial charge in [0.1, 0.15) is 17.5 Å². The predicted molar refractivity (Wildman–Crippen MR) is 131 cm³/mol. The van der Waals surface area contributed by atoms with Crippen molar-refractivity contribution in [2.75, 3.05) is 35.3 Å². The summed E-state index contributed by atoms with van der Waals surface area (Å²) >= 11 is 0. The average Bonchev–Trinajstić information content (AvgIpc) is 3.34. The van der Waals surface area contributed by atoms with Crippen molar-refractivity contribution >= 4 is 28.7 Å². The van der Waals surface area contributed by atoms with Gasteiger partial charge >= 0.3 is 0 Å². The first kappa shape index (κ1) is 22.1. The number of nitrogens with zero attached hydrogens (tertiary/aromatic N) is 5. The molecule has 7 rings (SSSR count). The molecule has 0 radical (unpaired) electrons. The van der Waals surface area contributed by atoms with E-state index in [9.17, 15) is 13.6 Å². The van der Waals surface area contributed by atoms with E-state index in [0.29, 0.717) is 54.4 Å². The van der Waals surface area contributed by atoms with Crippen LogP contribution in [-0.4, -0.2) is 51.5 Å². The topological polar surface area (TPSA) is 96.7 Å². The van der Waals surface area contributed by atoms with Crippen molar-refractivity contribution < 1.29 is 18.3 Å². The van der Waals surface area contributed by atoms with Gasteiger partial charge in [-0.25, -0.2) is 8.78 Å². The van der Waals surface area contributed by atoms with Gasteiger partial charge in [0.25, 0.3) is 5.91 Å². The summed E-state index contributed by atoms with van der Waals surface area (Å²) in [6.45, 7) is 2.05. The molecule has 2 aromatic heterocycles. The first-order valence-corrected chi connectivity index (χ1v) is 12.2. The minimum absolute atomic E-state index is 0.0310. The summed E-state index contributed by atoms with van der Waals surface area (Å²) < 4.78 is 35.2. The molecule has 1 amide bonds. The summed E-state index contributed by atoms with van der Waals surface area (Å²) in [7, 11) is 0. The van der Waals surface area contributed by atoms with Gasteiger partial charge in [0.15, 0.2) is 5.65 Å². The highest BCUT2D eigenvalue weighted by molar-refractivity contribution is 6.02. The SMILES string of the molecule is O=C(Nc1ccc(NC2COC2)cc1)c1nnc2ccc(N3CC4CC4[C@@H]3c3cc(F)ccc3F)nn12. The maximum absolute atomic E-state index is 14.7. The smallest absolute Gasteiger partial charge is 0.295 e. The summed E-state index contributed by atoms with van der Waals surface area (Å²) in [6.07, 6.45) is 0.975. The molecule has 1 saturated carbocycles. The Balaban J connectivity index is 1.14. The van der Waals surface area contributed by atoms with Crippen LogP contribution in [-0.2, 0) is 4.74 Å². The molecule has 2 N–H and O–H groups in total. The van der Waals surface area contributed by atoms with Gasteiger partial charge in [-0.15, -0.1) is 15.3 Å². The number of hydrogen-bond acceptors (Lipinski definition) is 7. The van der Waals surface area contributed by atoms with Gasteiger partial charge in [-0.05, 0) is 72.9 Å². The van der Waals surface area contributed by atoms with Crippen molar-refractivity contribution in [3.63, 3.8) is 0 Å². The summed E-state index contributed by atoms with van der Waals surface area (Å²) in [5, 5.41) is 19.0. The van der Waals surface area contributed by atoms with E-state index in [4.69, 9.17) is 4.74 Å². The highest BCUT2D eigenvalue weighted by atomic mass is 19.1. The van der Waals surface area contributed by atoms with Crippen LogP contribution in [0.1, 0.15) is 28.6 Å². The second kappa shape index (κ2) is 8.48. The van der Waals surface area contributed by atoms with Crippen LogP contribution < -0.4 is 15.5 Å². The van der Waals surface area contributed by atoms with Gasteiger partial charge in [0.2, 0.25) is 5.82 Å². The van der Waals surface area contributed by atoms with Crippen LogP contribution in [0.5, 0.6) is 0 Å². The number of rotatable bonds is 6. The fraction of sp³-hybridized carbons (Fsp3) is 0.308. The van der Waals surface area contributed by atoms with Crippen LogP contribution >= 0.6 is 0 Å². The number of fused-ring (bicyclic) bond motifs is 2. The summed E-state index contributed by atoms with van der Waals surface area (Å²) in [5.74, 6) is -0.127. The number of carbonyl (C=O) groups is 1. The van der Waals surface area contributed by atoms with Gasteiger partial charge in [0.05, 0.1) is 25.3 Å². The molecule has 3 aliphatic rings. The Morgan fingerprint density at radius 3 is 2.59 bits per heavy atom. The largest absolute Gasteiger partial charge is 0.378 e. The standard InChI is InChI=1S/C26H23F2N7O2/c27-15-1-6-21(28)20(10-15)24-19-9-14(19)11-34(24)23-8-7-22-31-32-25(35(22)33-23)26(36)30-17-4-2-16(3-5-17)29-18-12-37-13-18/h1-8,10,14,18-19,24,29H,9,11-13H2,(H,30,36)/t14?,19?,24-/m1/s1. The lowest BCUT2D eigenvalue weighted by Crippen LogP contribution is -2.40. The number of ether oxygens (including phenoxy) is 1. The zero-order valence-corrected chi connectivity index (χ0v) is 19.6. The summed E-state index contributed by atoms with van der Waals surface area (Å²) in [5.41, 5.74) is 2.29. The van der Waals surface area contributed by atoms with Gasteiger partial charge < -0.3 is 20.3 Å². The highest BCUT2D eigenvalue weighted by Crippen LogP contribution is 2.57. The zero-order valence-electron chi connectivity index (χ0n) is 19.6. The number of hydrogen-bond donors (Lipinski definition) is 2. The van der Waals surface area contributed by atoms with Crippen molar-refractivity contribution in [2.24, 2.45) is 11.8 Å². The molecule has 11 heteroatoms. The van der Waals surface area contributed by atoms with E-state index in [-0.39, 0.29) is 17.8 Å². The molecule has 2 aliphatic heterocycles. The number of piperidine rings is 1. The van der Waals surface area contributed by atoms with Crippen LogP contribution in [0.4, 0.5) is 26.0 Å². The second-order valence-electron chi connectivity index (χ2n) is 9.82. The van der Waals surface area contributed by atoms with E-state index in [1.165, 1.54) is 16.6 Å². The fourth-order valence-corrected chi connectivity index (χ4v) is 5.31. The van der Waals surface area contributed by atoms with Gasteiger partial charge in [-0.1, -0.05) is 0 Å². The summed E-state index contributed by atoms with van der Waals surface area (Å²) in [4.78, 5) is 15.0.